The molecule has 118 valence electrons. The molecular weight excluding hydrogens is 276 g/mol. The van der Waals surface area contributed by atoms with Crippen LogP contribution >= 0.6 is 0 Å². The molecule has 4 fully saturated rings. The van der Waals surface area contributed by atoms with Gasteiger partial charge in [-0.25, -0.2) is 0 Å². The Labute approximate surface area is 132 Å². The number of benzene rings is 1. The number of nitrogens with zero attached hydrogens (tertiary/aromatic N) is 2. The molecule has 4 heteroatoms. The smallest absolute Gasteiger partial charge is 0.253 e. The van der Waals surface area contributed by atoms with Crippen molar-refractivity contribution in [2.45, 2.75) is 45.6 Å². The summed E-state index contributed by atoms with van der Waals surface area (Å²) in [4.78, 5) is 21.5. The molecule has 4 heterocycles. The maximum atomic E-state index is 12.7. The molecule has 4 aliphatic rings. The van der Waals surface area contributed by atoms with Crippen molar-refractivity contribution in [2.75, 3.05) is 24.7 Å². The highest BCUT2D eigenvalue weighted by Gasteiger charge is 2.55. The second kappa shape index (κ2) is 4.80. The molecule has 1 amide bonds. The highest BCUT2D eigenvalue weighted by molar-refractivity contribution is 5.95. The van der Waals surface area contributed by atoms with Gasteiger partial charge in [-0.15, -0.1) is 0 Å². The van der Waals surface area contributed by atoms with Crippen molar-refractivity contribution in [3.05, 3.63) is 28.8 Å². The van der Waals surface area contributed by atoms with Crippen LogP contribution in [0.15, 0.2) is 12.1 Å². The zero-order chi connectivity index (χ0) is 15.5. The number of hydrogen-bond donors (Lipinski definition) is 0. The number of piperidine rings is 3. The predicted octanol–water partition coefficient (Wildman–Crippen LogP) is 2.74. The molecule has 1 atom stereocenters. The number of hydrogen-bond acceptors (Lipinski definition) is 3. The van der Waals surface area contributed by atoms with Gasteiger partial charge in [-0.1, -0.05) is 17.7 Å². The average molecular weight is 300 g/mol. The second-order valence-corrected chi connectivity index (χ2v) is 7.32. The van der Waals surface area contributed by atoms with Gasteiger partial charge >= 0.3 is 0 Å². The Bertz CT molecular complexity index is 611. The van der Waals surface area contributed by atoms with E-state index in [9.17, 15) is 4.79 Å². The monoisotopic (exact) mass is 300 g/mol. The van der Waals surface area contributed by atoms with Gasteiger partial charge in [-0.05, 0) is 63.7 Å². The summed E-state index contributed by atoms with van der Waals surface area (Å²) in [5.41, 5.74) is 4.12. The van der Waals surface area contributed by atoms with Crippen LogP contribution in [0.1, 0.15) is 36.0 Å². The largest absolute Gasteiger partial charge is 0.300 e. The fourth-order valence-corrected chi connectivity index (χ4v) is 4.68. The standard InChI is InChI=1S/C18H24N2O2/c1-12-8-13(2)17(14(3)9-12)20-16(21)10-18(22-20)11-19-6-4-15(18)5-7-19/h8-9,15H,4-7,10-11H2,1-3H3. The first-order valence-corrected chi connectivity index (χ1v) is 8.31. The number of anilines is 1. The highest BCUT2D eigenvalue weighted by atomic mass is 16.7. The normalized spacial score (nSPS) is 34.0. The van der Waals surface area contributed by atoms with E-state index in [0.29, 0.717) is 12.3 Å². The highest BCUT2D eigenvalue weighted by Crippen LogP contribution is 2.46. The molecule has 1 aromatic carbocycles. The molecule has 22 heavy (non-hydrogen) atoms. The van der Waals surface area contributed by atoms with Gasteiger partial charge in [0.1, 0.15) is 5.60 Å². The number of aryl methyl sites for hydroxylation is 3. The molecular formula is C18H24N2O2. The fourth-order valence-electron chi connectivity index (χ4n) is 4.68. The van der Waals surface area contributed by atoms with Crippen LogP contribution in [-0.2, 0) is 9.63 Å². The molecule has 5 rings (SSSR count). The summed E-state index contributed by atoms with van der Waals surface area (Å²) in [7, 11) is 0. The third-order valence-corrected chi connectivity index (χ3v) is 5.61. The lowest BCUT2D eigenvalue weighted by Crippen LogP contribution is -2.59. The molecule has 0 aliphatic carbocycles. The van der Waals surface area contributed by atoms with Crippen molar-refractivity contribution in [2.24, 2.45) is 5.92 Å². The molecule has 0 N–H and O–H groups in total. The van der Waals surface area contributed by atoms with Crippen LogP contribution in [-0.4, -0.2) is 36.0 Å². The summed E-state index contributed by atoms with van der Waals surface area (Å²) in [6, 6.07) is 4.25. The van der Waals surface area contributed by atoms with E-state index in [0.717, 1.165) is 49.3 Å². The first-order valence-electron chi connectivity index (χ1n) is 8.31. The summed E-state index contributed by atoms with van der Waals surface area (Å²) in [6.45, 7) is 9.44. The minimum atomic E-state index is -0.280. The van der Waals surface area contributed by atoms with Crippen molar-refractivity contribution in [3.63, 3.8) is 0 Å². The molecule has 1 spiro atoms. The van der Waals surface area contributed by atoms with Crippen molar-refractivity contribution in [3.8, 4) is 0 Å². The molecule has 0 radical (unpaired) electrons. The first kappa shape index (κ1) is 14.2. The molecule has 2 bridgehead atoms. The van der Waals surface area contributed by atoms with E-state index in [2.05, 4.69) is 37.8 Å². The van der Waals surface area contributed by atoms with Gasteiger partial charge in [0.2, 0.25) is 0 Å². The van der Waals surface area contributed by atoms with Crippen molar-refractivity contribution < 1.29 is 9.63 Å². The Morgan fingerprint density at radius 2 is 1.77 bits per heavy atom. The zero-order valence-corrected chi connectivity index (χ0v) is 13.7. The maximum absolute atomic E-state index is 12.7. The Kier molecular flexibility index (Phi) is 3.10. The second-order valence-electron chi connectivity index (χ2n) is 7.32. The summed E-state index contributed by atoms with van der Waals surface area (Å²) in [5, 5.41) is 1.60. The van der Waals surface area contributed by atoms with Gasteiger partial charge in [0.25, 0.3) is 5.91 Å². The Hall–Kier alpha value is -1.39. The number of carbonyl (C=O) groups excluding carboxylic acids is 1. The van der Waals surface area contributed by atoms with E-state index in [-0.39, 0.29) is 11.5 Å². The van der Waals surface area contributed by atoms with Gasteiger partial charge in [-0.3, -0.25) is 9.63 Å². The van der Waals surface area contributed by atoms with E-state index in [4.69, 9.17) is 4.84 Å². The van der Waals surface area contributed by atoms with Crippen molar-refractivity contribution in [1.82, 2.24) is 4.90 Å². The lowest BCUT2D eigenvalue weighted by molar-refractivity contribution is -0.132. The third kappa shape index (κ3) is 2.01. The van der Waals surface area contributed by atoms with Crippen molar-refractivity contribution >= 4 is 11.6 Å². The topological polar surface area (TPSA) is 32.8 Å². The van der Waals surface area contributed by atoms with Crippen LogP contribution in [0.4, 0.5) is 5.69 Å². The summed E-state index contributed by atoms with van der Waals surface area (Å²) < 4.78 is 0. The summed E-state index contributed by atoms with van der Waals surface area (Å²) in [6.07, 6.45) is 2.85. The molecule has 4 nitrogen and oxygen atoms in total. The SMILES string of the molecule is Cc1cc(C)c(N2OC3(CC2=O)CN2CCC3CC2)c(C)c1. The van der Waals surface area contributed by atoms with Crippen LogP contribution in [0.5, 0.6) is 0 Å². The minimum Gasteiger partial charge on any atom is -0.300 e. The van der Waals surface area contributed by atoms with E-state index < -0.39 is 0 Å². The predicted molar refractivity (Wildman–Crippen MR) is 85.7 cm³/mol. The molecule has 4 aliphatic heterocycles. The lowest BCUT2D eigenvalue weighted by atomic mass is 9.74. The number of amides is 1. The molecule has 0 aromatic heterocycles. The number of carbonyl (C=O) groups is 1. The number of rotatable bonds is 1. The average Bonchev–Trinajstić information content (AvgIpc) is 2.75. The molecule has 4 saturated heterocycles. The molecule has 0 saturated carbocycles. The maximum Gasteiger partial charge on any atom is 0.253 e. The molecule has 1 unspecified atom stereocenters. The quantitative estimate of drug-likeness (QED) is 0.799. The lowest BCUT2D eigenvalue weighted by Gasteiger charge is -2.49. The van der Waals surface area contributed by atoms with Gasteiger partial charge in [0, 0.05) is 6.54 Å². The van der Waals surface area contributed by atoms with Crippen molar-refractivity contribution in [1.29, 1.82) is 0 Å². The van der Waals surface area contributed by atoms with Crippen LogP contribution in [0, 0.1) is 26.7 Å². The van der Waals surface area contributed by atoms with E-state index >= 15 is 0 Å². The van der Waals surface area contributed by atoms with E-state index in [1.54, 1.807) is 5.06 Å². The van der Waals surface area contributed by atoms with Crippen LogP contribution in [0.2, 0.25) is 0 Å². The zero-order valence-electron chi connectivity index (χ0n) is 13.7. The van der Waals surface area contributed by atoms with Gasteiger partial charge in [-0.2, -0.15) is 5.06 Å². The van der Waals surface area contributed by atoms with E-state index in [1.807, 2.05) is 0 Å². The number of hydroxylamine groups is 1. The van der Waals surface area contributed by atoms with Crippen LogP contribution < -0.4 is 5.06 Å². The minimum absolute atomic E-state index is 0.115. The van der Waals surface area contributed by atoms with Crippen LogP contribution in [0.25, 0.3) is 0 Å². The van der Waals surface area contributed by atoms with Gasteiger partial charge in [0.15, 0.2) is 0 Å². The number of fused-ring (bicyclic) bond motifs is 2. The Morgan fingerprint density at radius 1 is 1.14 bits per heavy atom. The first-order chi connectivity index (χ1) is 10.5. The summed E-state index contributed by atoms with van der Waals surface area (Å²) >= 11 is 0. The van der Waals surface area contributed by atoms with E-state index in [1.165, 1.54) is 5.56 Å². The fraction of sp³-hybridized carbons (Fsp3) is 0.611. The van der Waals surface area contributed by atoms with Gasteiger partial charge < -0.3 is 4.90 Å². The molecule has 1 aromatic rings. The van der Waals surface area contributed by atoms with Crippen LogP contribution in [0.3, 0.4) is 0 Å². The Balaban J connectivity index is 1.69. The Morgan fingerprint density at radius 3 is 2.32 bits per heavy atom. The third-order valence-electron chi connectivity index (χ3n) is 5.61. The summed E-state index contributed by atoms with van der Waals surface area (Å²) in [5.74, 6) is 0.640. The van der Waals surface area contributed by atoms with Gasteiger partial charge in [0.05, 0.1) is 12.1 Å².